The first kappa shape index (κ1) is 8.73. The molecule has 0 aliphatic heterocycles. The first-order valence-corrected chi connectivity index (χ1v) is 3.67. The molecule has 0 bridgehead atoms. The number of nitrogens with zero attached hydrogens (tertiary/aromatic N) is 2. The highest BCUT2D eigenvalue weighted by molar-refractivity contribution is 5.71. The molecule has 1 aromatic heterocycles. The van der Waals surface area contributed by atoms with Crippen molar-refractivity contribution < 1.29 is 9.90 Å². The van der Waals surface area contributed by atoms with Crippen LogP contribution in [0.25, 0.3) is 0 Å². The molecule has 66 valence electrons. The summed E-state index contributed by atoms with van der Waals surface area (Å²) in [5.41, 5.74) is 5.27. The summed E-state index contributed by atoms with van der Waals surface area (Å²) >= 11 is 0. The van der Waals surface area contributed by atoms with Crippen LogP contribution in [0.4, 0.5) is 0 Å². The Balaban J connectivity index is 2.73. The molecule has 0 aliphatic rings. The highest BCUT2D eigenvalue weighted by Crippen LogP contribution is 2.08. The number of carboxylic acid groups (broad SMARTS) is 1. The quantitative estimate of drug-likeness (QED) is 0.657. The maximum atomic E-state index is 10.7. The van der Waals surface area contributed by atoms with Gasteiger partial charge in [0.25, 0.3) is 0 Å². The Morgan fingerprint density at radius 1 is 1.75 bits per heavy atom. The molecule has 0 saturated heterocycles. The topological polar surface area (TPSA) is 81.1 Å². The van der Waals surface area contributed by atoms with Gasteiger partial charge in [0.15, 0.2) is 6.04 Å². The molecule has 1 aromatic rings. The lowest BCUT2D eigenvalue weighted by Crippen LogP contribution is -2.22. The number of hydrogen-bond donors (Lipinski definition) is 2. The van der Waals surface area contributed by atoms with E-state index in [0.717, 1.165) is 0 Å². The molecular formula is C7H11N3O2. The van der Waals surface area contributed by atoms with Crippen LogP contribution in [0.15, 0.2) is 18.5 Å². The lowest BCUT2D eigenvalue weighted by molar-refractivity contribution is -0.141. The van der Waals surface area contributed by atoms with Gasteiger partial charge in [-0.3, -0.25) is 4.68 Å². The molecule has 1 atom stereocenters. The lowest BCUT2D eigenvalue weighted by Gasteiger charge is -2.10. The van der Waals surface area contributed by atoms with Gasteiger partial charge in [0.1, 0.15) is 0 Å². The number of carboxylic acids is 1. The van der Waals surface area contributed by atoms with E-state index in [2.05, 4.69) is 5.10 Å². The molecule has 1 heterocycles. The second kappa shape index (κ2) is 3.87. The van der Waals surface area contributed by atoms with Gasteiger partial charge in [0.05, 0.1) is 0 Å². The van der Waals surface area contributed by atoms with Gasteiger partial charge in [-0.2, -0.15) is 5.10 Å². The van der Waals surface area contributed by atoms with Crippen molar-refractivity contribution in [3.8, 4) is 0 Å². The van der Waals surface area contributed by atoms with Gasteiger partial charge in [0, 0.05) is 12.4 Å². The normalized spacial score (nSPS) is 12.8. The summed E-state index contributed by atoms with van der Waals surface area (Å²) in [5.74, 6) is -0.899. The monoisotopic (exact) mass is 169 g/mol. The lowest BCUT2D eigenvalue weighted by atomic mass is 10.2. The second-order valence-electron chi connectivity index (χ2n) is 2.42. The fourth-order valence-corrected chi connectivity index (χ4v) is 0.992. The minimum absolute atomic E-state index is 0.344. The van der Waals surface area contributed by atoms with Crippen molar-refractivity contribution in [2.45, 2.75) is 12.5 Å². The summed E-state index contributed by atoms with van der Waals surface area (Å²) in [5, 5.41) is 12.6. The van der Waals surface area contributed by atoms with E-state index in [1.807, 2.05) is 0 Å². The van der Waals surface area contributed by atoms with Crippen molar-refractivity contribution in [1.82, 2.24) is 9.78 Å². The number of aromatic nitrogens is 2. The van der Waals surface area contributed by atoms with Crippen molar-refractivity contribution >= 4 is 5.97 Å². The molecule has 1 unspecified atom stereocenters. The zero-order valence-corrected chi connectivity index (χ0v) is 6.55. The number of aliphatic carboxylic acids is 1. The summed E-state index contributed by atoms with van der Waals surface area (Å²) in [7, 11) is 0. The van der Waals surface area contributed by atoms with Crippen LogP contribution in [0.1, 0.15) is 12.5 Å². The van der Waals surface area contributed by atoms with E-state index in [-0.39, 0.29) is 0 Å². The minimum atomic E-state index is -0.899. The van der Waals surface area contributed by atoms with E-state index >= 15 is 0 Å². The zero-order chi connectivity index (χ0) is 8.97. The van der Waals surface area contributed by atoms with Gasteiger partial charge in [-0.05, 0) is 19.0 Å². The van der Waals surface area contributed by atoms with Crippen molar-refractivity contribution in [2.75, 3.05) is 6.54 Å². The van der Waals surface area contributed by atoms with Gasteiger partial charge in [-0.15, -0.1) is 0 Å². The molecule has 0 aliphatic carbocycles. The van der Waals surface area contributed by atoms with E-state index in [9.17, 15) is 4.79 Å². The molecule has 1 rings (SSSR count). The molecule has 0 amide bonds. The van der Waals surface area contributed by atoms with Crippen LogP contribution in [0.5, 0.6) is 0 Å². The van der Waals surface area contributed by atoms with Crippen molar-refractivity contribution in [2.24, 2.45) is 5.73 Å². The molecule has 12 heavy (non-hydrogen) atoms. The first-order chi connectivity index (χ1) is 5.75. The van der Waals surface area contributed by atoms with Crippen molar-refractivity contribution in [3.63, 3.8) is 0 Å². The van der Waals surface area contributed by atoms with E-state index in [1.165, 1.54) is 4.68 Å². The number of nitrogens with two attached hydrogens (primary N) is 1. The summed E-state index contributed by atoms with van der Waals surface area (Å²) in [6.45, 7) is 0.344. The van der Waals surface area contributed by atoms with Crippen LogP contribution in [-0.4, -0.2) is 27.4 Å². The van der Waals surface area contributed by atoms with Crippen LogP contribution in [0.2, 0.25) is 0 Å². The van der Waals surface area contributed by atoms with Crippen molar-refractivity contribution in [3.05, 3.63) is 18.5 Å². The Bertz CT molecular complexity index is 245. The summed E-state index contributed by atoms with van der Waals surface area (Å²) in [6.07, 6.45) is 3.57. The molecule has 5 heteroatoms. The molecule has 0 aromatic carbocycles. The number of rotatable bonds is 4. The molecule has 5 nitrogen and oxygen atoms in total. The molecular weight excluding hydrogens is 158 g/mol. The number of carbonyl (C=O) groups is 1. The van der Waals surface area contributed by atoms with Crippen LogP contribution in [0.3, 0.4) is 0 Å². The third-order valence-corrected chi connectivity index (χ3v) is 1.57. The smallest absolute Gasteiger partial charge is 0.328 e. The predicted octanol–water partition coefficient (Wildman–Crippen LogP) is -0.142. The summed E-state index contributed by atoms with van der Waals surface area (Å²) in [4.78, 5) is 10.7. The minimum Gasteiger partial charge on any atom is -0.480 e. The molecule has 3 N–H and O–H groups in total. The Morgan fingerprint density at radius 3 is 2.92 bits per heavy atom. The average molecular weight is 169 g/mol. The fourth-order valence-electron chi connectivity index (χ4n) is 0.992. The van der Waals surface area contributed by atoms with Gasteiger partial charge in [-0.25, -0.2) is 4.79 Å². The second-order valence-corrected chi connectivity index (χ2v) is 2.42. The fraction of sp³-hybridized carbons (Fsp3) is 0.429. The summed E-state index contributed by atoms with van der Waals surface area (Å²) < 4.78 is 1.40. The van der Waals surface area contributed by atoms with Crippen LogP contribution >= 0.6 is 0 Å². The van der Waals surface area contributed by atoms with E-state index in [1.54, 1.807) is 18.5 Å². The van der Waals surface area contributed by atoms with Gasteiger partial charge in [0.2, 0.25) is 0 Å². The molecule has 0 saturated carbocycles. The van der Waals surface area contributed by atoms with Gasteiger partial charge >= 0.3 is 5.97 Å². The number of hydrogen-bond acceptors (Lipinski definition) is 3. The van der Waals surface area contributed by atoms with Crippen LogP contribution < -0.4 is 5.73 Å². The van der Waals surface area contributed by atoms with E-state index in [0.29, 0.717) is 13.0 Å². The SMILES string of the molecule is NCCC(C(=O)O)n1cccn1. The third-order valence-electron chi connectivity index (χ3n) is 1.57. The van der Waals surface area contributed by atoms with Gasteiger partial charge in [-0.1, -0.05) is 0 Å². The van der Waals surface area contributed by atoms with Gasteiger partial charge < -0.3 is 10.8 Å². The maximum absolute atomic E-state index is 10.7. The Hall–Kier alpha value is -1.36. The van der Waals surface area contributed by atoms with Crippen molar-refractivity contribution in [1.29, 1.82) is 0 Å². The summed E-state index contributed by atoms with van der Waals surface area (Å²) in [6, 6.07) is 1.05. The molecule has 0 spiro atoms. The third kappa shape index (κ3) is 1.82. The van der Waals surface area contributed by atoms with Crippen LogP contribution in [-0.2, 0) is 4.79 Å². The average Bonchev–Trinajstić information content (AvgIpc) is 2.51. The molecule has 0 fully saturated rings. The van der Waals surface area contributed by atoms with E-state index in [4.69, 9.17) is 10.8 Å². The van der Waals surface area contributed by atoms with E-state index < -0.39 is 12.0 Å². The maximum Gasteiger partial charge on any atom is 0.328 e. The predicted molar refractivity (Wildman–Crippen MR) is 42.6 cm³/mol. The largest absolute Gasteiger partial charge is 0.480 e. The zero-order valence-electron chi connectivity index (χ0n) is 6.55. The molecule has 0 radical (unpaired) electrons. The highest BCUT2D eigenvalue weighted by atomic mass is 16.4. The highest BCUT2D eigenvalue weighted by Gasteiger charge is 2.17. The Labute approximate surface area is 69.8 Å². The standard InChI is InChI=1S/C7H11N3O2/c8-3-2-6(7(11)12)10-5-1-4-9-10/h1,4-6H,2-3,8H2,(H,11,12). The Morgan fingerprint density at radius 2 is 2.50 bits per heavy atom. The first-order valence-electron chi connectivity index (χ1n) is 3.67. The Kier molecular flexibility index (Phi) is 2.82. The van der Waals surface area contributed by atoms with Crippen LogP contribution in [0, 0.1) is 0 Å².